The van der Waals surface area contributed by atoms with Gasteiger partial charge in [0, 0.05) is 32.7 Å². The largest absolute Gasteiger partial charge is 0.491 e. The van der Waals surface area contributed by atoms with Crippen molar-refractivity contribution in [2.75, 3.05) is 58.4 Å². The van der Waals surface area contributed by atoms with Crippen molar-refractivity contribution in [1.29, 1.82) is 0 Å². The highest BCUT2D eigenvalue weighted by atomic mass is 32.1. The van der Waals surface area contributed by atoms with Gasteiger partial charge < -0.3 is 28.8 Å². The molecule has 0 unspecified atom stereocenters. The Bertz CT molecular complexity index is 1550. The van der Waals surface area contributed by atoms with E-state index in [9.17, 15) is 14.4 Å². The molecule has 3 heterocycles. The summed E-state index contributed by atoms with van der Waals surface area (Å²) in [5, 5.41) is 6.46. The Balaban J connectivity index is 1.64. The summed E-state index contributed by atoms with van der Waals surface area (Å²) in [4.78, 5) is 50.2. The van der Waals surface area contributed by atoms with Crippen LogP contribution in [0, 0.1) is 6.92 Å². The molecule has 13 nitrogen and oxygen atoms in total. The predicted octanol–water partition coefficient (Wildman–Crippen LogP) is 4.58. The minimum absolute atomic E-state index is 0.237. The van der Waals surface area contributed by atoms with Crippen molar-refractivity contribution in [3.8, 4) is 5.75 Å². The lowest BCUT2D eigenvalue weighted by molar-refractivity contribution is 0.0358. The number of methoxy groups -OCH3 is 1. The Morgan fingerprint density at radius 2 is 1.89 bits per heavy atom. The molecule has 4 rings (SSSR count). The Morgan fingerprint density at radius 1 is 1.13 bits per heavy atom. The summed E-state index contributed by atoms with van der Waals surface area (Å²) < 4.78 is 23.8. The molecule has 2 N–H and O–H groups in total. The molecule has 0 bridgehead atoms. The number of rotatable bonds is 13. The van der Waals surface area contributed by atoms with E-state index in [0.29, 0.717) is 40.4 Å². The zero-order chi connectivity index (χ0) is 33.3. The molecule has 2 aromatic heterocycles. The van der Waals surface area contributed by atoms with Gasteiger partial charge in [-0.05, 0) is 52.7 Å². The van der Waals surface area contributed by atoms with Crippen molar-refractivity contribution in [2.24, 2.45) is 0 Å². The van der Waals surface area contributed by atoms with Crippen LogP contribution in [0.25, 0.3) is 11.0 Å². The summed E-state index contributed by atoms with van der Waals surface area (Å²) >= 11 is 1.32. The van der Waals surface area contributed by atoms with Gasteiger partial charge in [0.05, 0.1) is 48.7 Å². The first kappa shape index (κ1) is 34.9. The SMILES string of the molecule is CCc1nc(C)sc1C(=O)Nc1nc2cc(C(=O)OC)cc(OCCCN3CCOCC3)c2n1C/C=C/CNC(=O)OC(C)(C)C. The van der Waals surface area contributed by atoms with Gasteiger partial charge in [0.25, 0.3) is 5.91 Å². The summed E-state index contributed by atoms with van der Waals surface area (Å²) in [6.45, 7) is 14.2. The molecule has 0 atom stereocenters. The maximum atomic E-state index is 13.5. The van der Waals surface area contributed by atoms with Crippen molar-refractivity contribution in [3.05, 3.63) is 45.4 Å². The number of amides is 2. The average Bonchev–Trinajstić information content (AvgIpc) is 3.57. The van der Waals surface area contributed by atoms with Crippen LogP contribution in [-0.4, -0.2) is 96.1 Å². The summed E-state index contributed by atoms with van der Waals surface area (Å²) in [5.74, 6) is -0.133. The van der Waals surface area contributed by atoms with E-state index < -0.39 is 17.7 Å². The van der Waals surface area contributed by atoms with Gasteiger partial charge in [0.15, 0.2) is 0 Å². The monoisotopic (exact) mass is 656 g/mol. The Kier molecular flexibility index (Phi) is 12.1. The molecule has 0 saturated carbocycles. The number of anilines is 1. The molecular formula is C32H44N6O7S. The quantitative estimate of drug-likeness (QED) is 0.152. The lowest BCUT2D eigenvalue weighted by Crippen LogP contribution is -2.37. The van der Waals surface area contributed by atoms with E-state index in [1.54, 1.807) is 39.0 Å². The standard InChI is InChI=1S/C32H44N6O7S/c1-7-23-27(46-21(2)34-23)28(39)36-30-35-24-19-22(29(40)42-6)20-25(44-16-10-12-37-14-17-43-18-15-37)26(24)38(30)13-9-8-11-33-31(41)45-32(3,4)5/h8-9,19-20H,7,10-18H2,1-6H3,(H,33,41)(H,35,36,39)/b9-8+. The molecule has 1 aliphatic heterocycles. The van der Waals surface area contributed by atoms with E-state index in [4.69, 9.17) is 23.9 Å². The van der Waals surface area contributed by atoms with Gasteiger partial charge in [-0.25, -0.2) is 19.6 Å². The number of carbonyl (C=O) groups is 3. The highest BCUT2D eigenvalue weighted by Crippen LogP contribution is 2.32. The number of nitrogens with zero attached hydrogens (tertiary/aromatic N) is 4. The van der Waals surface area contributed by atoms with Crippen LogP contribution in [0.3, 0.4) is 0 Å². The number of fused-ring (bicyclic) bond motifs is 1. The van der Waals surface area contributed by atoms with E-state index in [2.05, 4.69) is 20.5 Å². The molecule has 0 aliphatic carbocycles. The van der Waals surface area contributed by atoms with Gasteiger partial charge in [-0.1, -0.05) is 19.1 Å². The highest BCUT2D eigenvalue weighted by molar-refractivity contribution is 7.13. The third-order valence-electron chi connectivity index (χ3n) is 7.00. The van der Waals surface area contributed by atoms with Gasteiger partial charge in [-0.3, -0.25) is 15.0 Å². The number of hydrogen-bond acceptors (Lipinski definition) is 11. The van der Waals surface area contributed by atoms with Gasteiger partial charge >= 0.3 is 12.1 Å². The summed E-state index contributed by atoms with van der Waals surface area (Å²) in [6.07, 6.45) is 4.49. The first-order chi connectivity index (χ1) is 22.0. The van der Waals surface area contributed by atoms with Crippen molar-refractivity contribution in [1.82, 2.24) is 24.8 Å². The van der Waals surface area contributed by atoms with Crippen LogP contribution in [0.1, 0.15) is 64.8 Å². The molecule has 1 aliphatic rings. The van der Waals surface area contributed by atoms with Crippen molar-refractivity contribution in [2.45, 2.75) is 59.6 Å². The molecule has 0 spiro atoms. The van der Waals surface area contributed by atoms with Crippen molar-refractivity contribution >= 4 is 46.3 Å². The number of morpholine rings is 1. The Labute approximate surface area is 273 Å². The normalized spacial score (nSPS) is 14.0. The van der Waals surface area contributed by atoms with Gasteiger partial charge in [0.2, 0.25) is 5.95 Å². The topological polar surface area (TPSA) is 146 Å². The number of benzene rings is 1. The van der Waals surface area contributed by atoms with Crippen LogP contribution < -0.4 is 15.4 Å². The first-order valence-electron chi connectivity index (χ1n) is 15.4. The number of esters is 1. The second-order valence-corrected chi connectivity index (χ2v) is 12.9. The van der Waals surface area contributed by atoms with Gasteiger partial charge in [-0.2, -0.15) is 0 Å². The number of carbonyl (C=O) groups excluding carboxylic acids is 3. The number of alkyl carbamates (subject to hydrolysis) is 1. The van der Waals surface area contributed by atoms with E-state index in [1.807, 2.05) is 24.5 Å². The van der Waals surface area contributed by atoms with E-state index in [1.165, 1.54) is 18.4 Å². The number of hydrogen-bond donors (Lipinski definition) is 2. The van der Waals surface area contributed by atoms with Gasteiger partial charge in [-0.15, -0.1) is 11.3 Å². The second-order valence-electron chi connectivity index (χ2n) is 11.7. The third kappa shape index (κ3) is 9.50. The maximum Gasteiger partial charge on any atom is 0.407 e. The van der Waals surface area contributed by atoms with E-state index in [-0.39, 0.29) is 30.5 Å². The number of thiazole rings is 1. The lowest BCUT2D eigenvalue weighted by atomic mass is 10.2. The predicted molar refractivity (Wildman–Crippen MR) is 176 cm³/mol. The Hall–Kier alpha value is -4.01. The van der Waals surface area contributed by atoms with Crippen LogP contribution in [0.15, 0.2) is 24.3 Å². The van der Waals surface area contributed by atoms with E-state index in [0.717, 1.165) is 44.3 Å². The van der Waals surface area contributed by atoms with Crippen LogP contribution in [0.5, 0.6) is 5.75 Å². The smallest absolute Gasteiger partial charge is 0.407 e. The zero-order valence-electron chi connectivity index (χ0n) is 27.4. The van der Waals surface area contributed by atoms with Crippen molar-refractivity contribution in [3.63, 3.8) is 0 Å². The highest BCUT2D eigenvalue weighted by Gasteiger charge is 2.23. The molecule has 1 aromatic carbocycles. The molecule has 2 amide bonds. The lowest BCUT2D eigenvalue weighted by Gasteiger charge is -2.26. The zero-order valence-corrected chi connectivity index (χ0v) is 28.3. The number of allylic oxidation sites excluding steroid dienone is 1. The maximum absolute atomic E-state index is 13.5. The molecule has 0 radical (unpaired) electrons. The fraction of sp³-hybridized carbons (Fsp3) is 0.531. The van der Waals surface area contributed by atoms with Crippen molar-refractivity contribution < 1.29 is 33.3 Å². The number of ether oxygens (including phenoxy) is 4. The third-order valence-corrected chi connectivity index (χ3v) is 8.01. The molecular weight excluding hydrogens is 612 g/mol. The number of aryl methyl sites for hydroxylation is 2. The molecule has 3 aromatic rings. The van der Waals surface area contributed by atoms with E-state index >= 15 is 0 Å². The van der Waals surface area contributed by atoms with Crippen LogP contribution in [0.2, 0.25) is 0 Å². The summed E-state index contributed by atoms with van der Waals surface area (Å²) in [7, 11) is 1.32. The summed E-state index contributed by atoms with van der Waals surface area (Å²) in [5.41, 5.74) is 1.46. The minimum Gasteiger partial charge on any atom is -0.491 e. The fourth-order valence-corrected chi connectivity index (χ4v) is 5.81. The number of nitrogens with one attached hydrogen (secondary N) is 2. The van der Waals surface area contributed by atoms with Crippen LogP contribution in [0.4, 0.5) is 10.7 Å². The number of imidazole rings is 1. The van der Waals surface area contributed by atoms with Crippen LogP contribution >= 0.6 is 11.3 Å². The Morgan fingerprint density at radius 3 is 2.59 bits per heavy atom. The molecule has 1 fully saturated rings. The van der Waals surface area contributed by atoms with Crippen LogP contribution in [-0.2, 0) is 27.2 Å². The van der Waals surface area contributed by atoms with Gasteiger partial charge in [0.1, 0.15) is 21.7 Å². The molecule has 250 valence electrons. The average molecular weight is 657 g/mol. The fourth-order valence-electron chi connectivity index (χ4n) is 4.91. The molecule has 14 heteroatoms. The summed E-state index contributed by atoms with van der Waals surface area (Å²) in [6, 6.07) is 3.26. The number of aromatic nitrogens is 3. The molecule has 46 heavy (non-hydrogen) atoms. The first-order valence-corrected chi connectivity index (χ1v) is 16.3. The minimum atomic E-state index is -0.605. The second kappa shape index (κ2) is 16.0. The molecule has 1 saturated heterocycles.